The van der Waals surface area contributed by atoms with Crippen LogP contribution in [-0.4, -0.2) is 70.6 Å². The molecule has 3 aromatic heterocycles. The van der Waals surface area contributed by atoms with Gasteiger partial charge in [0.1, 0.15) is 5.69 Å². The summed E-state index contributed by atoms with van der Waals surface area (Å²) in [6.45, 7) is 7.05. The van der Waals surface area contributed by atoms with Crippen LogP contribution in [0.1, 0.15) is 24.8 Å². The molecule has 0 aromatic carbocycles. The molecule has 150 valence electrons. The topological polar surface area (TPSA) is 82.5 Å². The lowest BCUT2D eigenvalue weighted by Crippen LogP contribution is -2.37. The van der Waals surface area contributed by atoms with Gasteiger partial charge in [-0.25, -0.2) is 9.97 Å². The average Bonchev–Trinajstić information content (AvgIpc) is 3.41. The molecular weight excluding hydrogens is 366 g/mol. The van der Waals surface area contributed by atoms with Crippen molar-refractivity contribution in [2.24, 2.45) is 5.10 Å². The van der Waals surface area contributed by atoms with Crippen LogP contribution in [0.5, 0.6) is 0 Å². The van der Waals surface area contributed by atoms with E-state index in [1.165, 1.54) is 5.56 Å². The summed E-state index contributed by atoms with van der Waals surface area (Å²) in [5.74, 6) is 0.988. The van der Waals surface area contributed by atoms with E-state index in [4.69, 9.17) is 14.7 Å². The lowest BCUT2D eigenvalue weighted by Gasteiger charge is -2.27. The number of nitrogens with zero attached hydrogens (tertiary/aromatic N) is 6. The van der Waals surface area contributed by atoms with Crippen LogP contribution in [0.2, 0.25) is 0 Å². The Morgan fingerprint density at radius 1 is 1.17 bits per heavy atom. The Kier molecular flexibility index (Phi) is 4.85. The van der Waals surface area contributed by atoms with Crippen LogP contribution in [0.15, 0.2) is 35.8 Å². The fourth-order valence-electron chi connectivity index (χ4n) is 4.00. The van der Waals surface area contributed by atoms with Gasteiger partial charge in [-0.2, -0.15) is 5.10 Å². The average molecular weight is 391 g/mol. The first kappa shape index (κ1) is 18.1. The van der Waals surface area contributed by atoms with Gasteiger partial charge in [0.25, 0.3) is 0 Å². The third kappa shape index (κ3) is 3.44. The highest BCUT2D eigenvalue weighted by molar-refractivity contribution is 5.94. The molecule has 0 bridgehead atoms. The highest BCUT2D eigenvalue weighted by Crippen LogP contribution is 2.33. The fourth-order valence-corrected chi connectivity index (χ4v) is 4.00. The van der Waals surface area contributed by atoms with Crippen LogP contribution in [0, 0.1) is 0 Å². The lowest BCUT2D eigenvalue weighted by atomic mass is 10.0. The monoisotopic (exact) mass is 391 g/mol. The summed E-state index contributed by atoms with van der Waals surface area (Å²) >= 11 is 0. The summed E-state index contributed by atoms with van der Waals surface area (Å²) in [6.07, 6.45) is 8.80. The van der Waals surface area contributed by atoms with Crippen LogP contribution >= 0.6 is 0 Å². The van der Waals surface area contributed by atoms with Gasteiger partial charge in [-0.3, -0.25) is 9.99 Å². The maximum atomic E-state index is 5.51. The molecular formula is C21H25N7O. The van der Waals surface area contributed by atoms with E-state index >= 15 is 0 Å². The summed E-state index contributed by atoms with van der Waals surface area (Å²) in [5, 5.41) is 6.71. The van der Waals surface area contributed by atoms with Gasteiger partial charge in [-0.1, -0.05) is 6.92 Å². The molecule has 0 aliphatic carbocycles. The van der Waals surface area contributed by atoms with E-state index in [-0.39, 0.29) is 5.92 Å². The zero-order valence-corrected chi connectivity index (χ0v) is 16.6. The molecule has 0 spiro atoms. The van der Waals surface area contributed by atoms with Crippen LogP contribution in [0.4, 0.5) is 5.95 Å². The number of hydrogen-bond acceptors (Lipinski definition) is 7. The van der Waals surface area contributed by atoms with Crippen LogP contribution in [0.25, 0.3) is 22.3 Å². The van der Waals surface area contributed by atoms with E-state index in [1.54, 1.807) is 12.4 Å². The second kappa shape index (κ2) is 7.79. The van der Waals surface area contributed by atoms with Crippen molar-refractivity contribution in [2.75, 3.05) is 44.3 Å². The summed E-state index contributed by atoms with van der Waals surface area (Å²) in [5.41, 5.74) is 5.05. The highest BCUT2D eigenvalue weighted by atomic mass is 16.5. The molecule has 1 N–H and O–H groups in total. The Bertz CT molecular complexity index is 1010. The summed E-state index contributed by atoms with van der Waals surface area (Å²) in [7, 11) is 0. The predicted molar refractivity (Wildman–Crippen MR) is 113 cm³/mol. The predicted octanol–water partition coefficient (Wildman–Crippen LogP) is 2.65. The van der Waals surface area contributed by atoms with Crippen molar-refractivity contribution in [2.45, 2.75) is 19.3 Å². The Morgan fingerprint density at radius 2 is 2.00 bits per heavy atom. The van der Waals surface area contributed by atoms with Gasteiger partial charge in [0.15, 0.2) is 0 Å². The number of hydrogen-bond donors (Lipinski definition) is 1. The Hall–Kier alpha value is -3.00. The second-order valence-electron chi connectivity index (χ2n) is 7.46. The molecule has 2 aliphatic rings. The number of aromatic nitrogens is 4. The van der Waals surface area contributed by atoms with Crippen molar-refractivity contribution in [3.8, 4) is 11.3 Å². The van der Waals surface area contributed by atoms with Gasteiger partial charge in [0.2, 0.25) is 5.95 Å². The number of pyridine rings is 1. The molecule has 0 saturated carbocycles. The number of H-pyrrole nitrogens is 1. The number of anilines is 1. The standard InChI is InChI=1S/C21H25N7O/c1-2-7-28-14-16(12-24-28)17-13-23-20-18(15-3-5-22-6-4-15)25-21(26-19(17)20)27-8-10-29-11-9-27/h3-6,12-13,16,23H,2,7-11,14H2,1H3. The van der Waals surface area contributed by atoms with Gasteiger partial charge in [0.05, 0.1) is 24.2 Å². The molecule has 3 aromatic rings. The number of hydrazone groups is 1. The Balaban J connectivity index is 1.60. The molecule has 0 amide bonds. The number of fused-ring (bicyclic) bond motifs is 1. The molecule has 8 heteroatoms. The van der Waals surface area contributed by atoms with Crippen molar-refractivity contribution in [1.29, 1.82) is 0 Å². The first-order valence-electron chi connectivity index (χ1n) is 10.2. The van der Waals surface area contributed by atoms with Crippen molar-refractivity contribution in [3.05, 3.63) is 36.3 Å². The molecule has 2 aliphatic heterocycles. The quantitative estimate of drug-likeness (QED) is 0.720. The molecule has 5 rings (SSSR count). The van der Waals surface area contributed by atoms with E-state index in [0.717, 1.165) is 60.8 Å². The van der Waals surface area contributed by atoms with E-state index in [1.807, 2.05) is 18.3 Å². The summed E-state index contributed by atoms with van der Waals surface area (Å²) in [4.78, 5) is 19.7. The first-order valence-corrected chi connectivity index (χ1v) is 10.2. The summed E-state index contributed by atoms with van der Waals surface area (Å²) in [6, 6.07) is 3.98. The molecule has 1 atom stereocenters. The largest absolute Gasteiger partial charge is 0.378 e. The molecule has 1 fully saturated rings. The van der Waals surface area contributed by atoms with Crippen molar-refractivity contribution >= 4 is 23.2 Å². The third-order valence-corrected chi connectivity index (χ3v) is 5.49. The van der Waals surface area contributed by atoms with Crippen molar-refractivity contribution in [1.82, 2.24) is 24.9 Å². The minimum absolute atomic E-state index is 0.230. The number of ether oxygens (including phenoxy) is 1. The molecule has 8 nitrogen and oxygen atoms in total. The Labute approximate surface area is 169 Å². The molecule has 29 heavy (non-hydrogen) atoms. The smallest absolute Gasteiger partial charge is 0.226 e. The van der Waals surface area contributed by atoms with Gasteiger partial charge >= 0.3 is 0 Å². The third-order valence-electron chi connectivity index (χ3n) is 5.49. The number of aromatic amines is 1. The first-order chi connectivity index (χ1) is 14.3. The number of morpholine rings is 1. The zero-order chi connectivity index (χ0) is 19.6. The Morgan fingerprint density at radius 3 is 2.79 bits per heavy atom. The van der Waals surface area contributed by atoms with E-state index in [9.17, 15) is 0 Å². The minimum atomic E-state index is 0.230. The molecule has 1 saturated heterocycles. The molecule has 0 radical (unpaired) electrons. The number of nitrogens with one attached hydrogen (secondary N) is 1. The minimum Gasteiger partial charge on any atom is -0.378 e. The second-order valence-corrected chi connectivity index (χ2v) is 7.46. The van der Waals surface area contributed by atoms with Crippen molar-refractivity contribution < 1.29 is 4.74 Å². The molecule has 1 unspecified atom stereocenters. The van der Waals surface area contributed by atoms with E-state index in [0.29, 0.717) is 13.2 Å². The van der Waals surface area contributed by atoms with E-state index < -0.39 is 0 Å². The highest BCUT2D eigenvalue weighted by Gasteiger charge is 2.25. The fraction of sp³-hybridized carbons (Fsp3) is 0.429. The maximum absolute atomic E-state index is 5.51. The van der Waals surface area contributed by atoms with Gasteiger partial charge in [-0.05, 0) is 18.6 Å². The van der Waals surface area contributed by atoms with Crippen LogP contribution in [0.3, 0.4) is 0 Å². The lowest BCUT2D eigenvalue weighted by molar-refractivity contribution is 0.122. The van der Waals surface area contributed by atoms with Crippen LogP contribution in [-0.2, 0) is 4.74 Å². The van der Waals surface area contributed by atoms with Crippen LogP contribution < -0.4 is 4.90 Å². The summed E-state index contributed by atoms with van der Waals surface area (Å²) < 4.78 is 5.51. The zero-order valence-electron chi connectivity index (χ0n) is 16.6. The molecule has 5 heterocycles. The van der Waals surface area contributed by atoms with Gasteiger partial charge in [-0.15, -0.1) is 0 Å². The van der Waals surface area contributed by atoms with E-state index in [2.05, 4.69) is 38.1 Å². The maximum Gasteiger partial charge on any atom is 0.226 e. The SMILES string of the molecule is CCCN1CC(c2c[nH]c3c(-c4ccncc4)nc(N4CCOCC4)nc23)C=N1. The number of rotatable bonds is 5. The van der Waals surface area contributed by atoms with Gasteiger partial charge in [0, 0.05) is 68.0 Å². The van der Waals surface area contributed by atoms with Gasteiger partial charge < -0.3 is 14.6 Å². The normalized spacial score (nSPS) is 19.4. The van der Waals surface area contributed by atoms with Crippen molar-refractivity contribution in [3.63, 3.8) is 0 Å².